The van der Waals surface area contributed by atoms with Crippen LogP contribution < -0.4 is 10.1 Å². The van der Waals surface area contributed by atoms with Crippen LogP contribution in [0.3, 0.4) is 0 Å². The molecular weight excluding hydrogens is 367 g/mol. The van der Waals surface area contributed by atoms with Gasteiger partial charge in [-0.05, 0) is 30.3 Å². The summed E-state index contributed by atoms with van der Waals surface area (Å²) in [6, 6.07) is 8.39. The van der Waals surface area contributed by atoms with Crippen LogP contribution in [0.25, 0.3) is 0 Å². The average molecular weight is 376 g/mol. The second kappa shape index (κ2) is 6.92. The van der Waals surface area contributed by atoms with Gasteiger partial charge in [-0.1, -0.05) is 39.1 Å². The molecule has 0 saturated heterocycles. The predicted molar refractivity (Wildman–Crippen MR) is 82.5 cm³/mol. The molecule has 1 heterocycles. The molecule has 1 aromatic carbocycles. The Kier molecular flexibility index (Phi) is 5.23. The maximum Gasteiger partial charge on any atom is 0.263 e. The normalized spacial score (nSPS) is 10.2. The van der Waals surface area contributed by atoms with Crippen LogP contribution in [0.1, 0.15) is 0 Å². The Hall–Kier alpha value is -1.30. The van der Waals surface area contributed by atoms with Gasteiger partial charge in [-0.15, -0.1) is 0 Å². The number of nitrogens with one attached hydrogen (secondary N) is 1. The number of amides is 1. The van der Waals surface area contributed by atoms with Crippen LogP contribution in [-0.4, -0.2) is 17.5 Å². The molecule has 4 nitrogen and oxygen atoms in total. The number of halogens is 3. The number of hydrogen-bond acceptors (Lipinski definition) is 3. The molecule has 0 aliphatic rings. The van der Waals surface area contributed by atoms with Gasteiger partial charge in [-0.3, -0.25) is 4.79 Å². The molecule has 0 radical (unpaired) electrons. The lowest BCUT2D eigenvalue weighted by Crippen LogP contribution is -2.20. The number of carbonyl (C=O) groups excluding carboxylic acids is 1. The molecule has 0 spiro atoms. The summed E-state index contributed by atoms with van der Waals surface area (Å²) in [4.78, 5) is 15.6. The molecule has 2 rings (SSSR count). The Morgan fingerprint density at radius 1 is 1.30 bits per heavy atom. The van der Waals surface area contributed by atoms with Crippen molar-refractivity contribution in [3.63, 3.8) is 0 Å². The van der Waals surface area contributed by atoms with E-state index in [1.807, 2.05) is 0 Å². The molecule has 1 amide bonds. The molecule has 0 unspecified atom stereocenters. The Labute approximate surface area is 134 Å². The number of aromatic nitrogens is 1. The van der Waals surface area contributed by atoms with Crippen molar-refractivity contribution in [1.29, 1.82) is 0 Å². The smallest absolute Gasteiger partial charge is 0.263 e. The minimum absolute atomic E-state index is 0.161. The summed E-state index contributed by atoms with van der Waals surface area (Å²) in [5.74, 6) is 0.512. The van der Waals surface area contributed by atoms with Gasteiger partial charge < -0.3 is 10.1 Å². The topological polar surface area (TPSA) is 51.2 Å². The molecule has 0 aliphatic carbocycles. The second-order valence-electron chi connectivity index (χ2n) is 3.77. The molecular formula is C13H9BrCl2N2O2. The first-order valence-electron chi connectivity index (χ1n) is 5.54. The Morgan fingerprint density at radius 2 is 2.10 bits per heavy atom. The van der Waals surface area contributed by atoms with Crippen LogP contribution in [0, 0.1) is 0 Å². The van der Waals surface area contributed by atoms with E-state index in [0.717, 1.165) is 4.47 Å². The summed E-state index contributed by atoms with van der Waals surface area (Å²) >= 11 is 15.0. The summed E-state index contributed by atoms with van der Waals surface area (Å²) < 4.78 is 6.17. The van der Waals surface area contributed by atoms with Crippen LogP contribution in [0.4, 0.5) is 5.82 Å². The summed E-state index contributed by atoms with van der Waals surface area (Å²) in [6.45, 7) is -0.161. The molecule has 0 bridgehead atoms. The van der Waals surface area contributed by atoms with E-state index in [0.29, 0.717) is 21.6 Å². The second-order valence-corrected chi connectivity index (χ2v) is 5.53. The monoisotopic (exact) mass is 374 g/mol. The van der Waals surface area contributed by atoms with Gasteiger partial charge in [0, 0.05) is 10.7 Å². The lowest BCUT2D eigenvalue weighted by Gasteiger charge is -2.08. The quantitative estimate of drug-likeness (QED) is 0.872. The van der Waals surface area contributed by atoms with E-state index < -0.39 is 0 Å². The number of carbonyl (C=O) groups is 1. The molecule has 20 heavy (non-hydrogen) atoms. The minimum Gasteiger partial charge on any atom is -0.482 e. The lowest BCUT2D eigenvalue weighted by atomic mass is 10.3. The molecule has 7 heteroatoms. The van der Waals surface area contributed by atoms with Crippen molar-refractivity contribution in [1.82, 2.24) is 4.98 Å². The van der Waals surface area contributed by atoms with Gasteiger partial charge in [-0.25, -0.2) is 4.98 Å². The van der Waals surface area contributed by atoms with E-state index in [-0.39, 0.29) is 12.5 Å². The van der Waals surface area contributed by atoms with E-state index in [2.05, 4.69) is 26.2 Å². The van der Waals surface area contributed by atoms with E-state index in [4.69, 9.17) is 27.9 Å². The fourth-order valence-electron chi connectivity index (χ4n) is 1.36. The zero-order valence-electron chi connectivity index (χ0n) is 10.1. The largest absolute Gasteiger partial charge is 0.482 e. The van der Waals surface area contributed by atoms with Crippen molar-refractivity contribution in [2.75, 3.05) is 11.9 Å². The first-order chi connectivity index (χ1) is 9.54. The SMILES string of the molecule is O=C(COc1ccc(Br)cc1Cl)Nc1ccc(Cl)cn1. The summed E-state index contributed by atoms with van der Waals surface area (Å²) in [7, 11) is 0. The first-order valence-corrected chi connectivity index (χ1v) is 7.09. The lowest BCUT2D eigenvalue weighted by molar-refractivity contribution is -0.118. The standard InChI is InChI=1S/C13H9BrCl2N2O2/c14-8-1-3-11(10(16)5-8)20-7-13(19)18-12-4-2-9(15)6-17-12/h1-6H,7H2,(H,17,18,19). The number of pyridine rings is 1. The van der Waals surface area contributed by atoms with Gasteiger partial charge in [0.1, 0.15) is 11.6 Å². The summed E-state index contributed by atoms with van der Waals surface area (Å²) in [6.07, 6.45) is 1.45. The van der Waals surface area contributed by atoms with E-state index >= 15 is 0 Å². The fraction of sp³-hybridized carbons (Fsp3) is 0.0769. The number of ether oxygens (including phenoxy) is 1. The third-order valence-electron chi connectivity index (χ3n) is 2.25. The van der Waals surface area contributed by atoms with Crippen LogP contribution in [-0.2, 0) is 4.79 Å². The highest BCUT2D eigenvalue weighted by Crippen LogP contribution is 2.27. The zero-order chi connectivity index (χ0) is 14.5. The number of hydrogen-bond donors (Lipinski definition) is 1. The highest BCUT2D eigenvalue weighted by Gasteiger charge is 2.07. The molecule has 104 valence electrons. The van der Waals surface area contributed by atoms with Crippen molar-refractivity contribution < 1.29 is 9.53 Å². The average Bonchev–Trinajstić information content (AvgIpc) is 2.40. The number of anilines is 1. The fourth-order valence-corrected chi connectivity index (χ4v) is 2.20. The van der Waals surface area contributed by atoms with Gasteiger partial charge in [0.05, 0.1) is 10.0 Å². The molecule has 1 N–H and O–H groups in total. The predicted octanol–water partition coefficient (Wildman–Crippen LogP) is 4.17. The van der Waals surface area contributed by atoms with E-state index in [9.17, 15) is 4.79 Å². The minimum atomic E-state index is -0.334. The maximum absolute atomic E-state index is 11.7. The van der Waals surface area contributed by atoms with Crippen LogP contribution in [0.2, 0.25) is 10.0 Å². The zero-order valence-corrected chi connectivity index (χ0v) is 13.2. The molecule has 0 aliphatic heterocycles. The van der Waals surface area contributed by atoms with Gasteiger partial charge in [0.25, 0.3) is 5.91 Å². The van der Waals surface area contributed by atoms with Crippen molar-refractivity contribution >= 4 is 50.9 Å². The van der Waals surface area contributed by atoms with E-state index in [1.54, 1.807) is 30.3 Å². The first kappa shape index (κ1) is 15.1. The highest BCUT2D eigenvalue weighted by molar-refractivity contribution is 9.10. The van der Waals surface area contributed by atoms with Gasteiger partial charge in [0.15, 0.2) is 6.61 Å². The molecule has 0 saturated carbocycles. The molecule has 0 atom stereocenters. The Balaban J connectivity index is 1.90. The number of rotatable bonds is 4. The summed E-state index contributed by atoms with van der Waals surface area (Å²) in [5.41, 5.74) is 0. The maximum atomic E-state index is 11.7. The third kappa shape index (κ3) is 4.37. The molecule has 0 fully saturated rings. The highest BCUT2D eigenvalue weighted by atomic mass is 79.9. The van der Waals surface area contributed by atoms with Crippen LogP contribution in [0.5, 0.6) is 5.75 Å². The Bertz CT molecular complexity index is 620. The molecule has 2 aromatic rings. The van der Waals surface area contributed by atoms with Gasteiger partial charge in [-0.2, -0.15) is 0 Å². The van der Waals surface area contributed by atoms with Crippen LogP contribution in [0.15, 0.2) is 41.0 Å². The van der Waals surface area contributed by atoms with E-state index in [1.165, 1.54) is 6.20 Å². The summed E-state index contributed by atoms with van der Waals surface area (Å²) in [5, 5.41) is 3.51. The van der Waals surface area contributed by atoms with Crippen molar-refractivity contribution in [3.8, 4) is 5.75 Å². The van der Waals surface area contributed by atoms with Crippen LogP contribution >= 0.6 is 39.1 Å². The molecule has 1 aromatic heterocycles. The van der Waals surface area contributed by atoms with Gasteiger partial charge >= 0.3 is 0 Å². The number of nitrogens with zero attached hydrogens (tertiary/aromatic N) is 1. The number of benzene rings is 1. The van der Waals surface area contributed by atoms with Crippen molar-refractivity contribution in [2.45, 2.75) is 0 Å². The third-order valence-corrected chi connectivity index (χ3v) is 3.26. The van der Waals surface area contributed by atoms with Gasteiger partial charge in [0.2, 0.25) is 0 Å². The van der Waals surface area contributed by atoms with Crippen molar-refractivity contribution in [2.24, 2.45) is 0 Å². The Morgan fingerprint density at radius 3 is 2.75 bits per heavy atom. The van der Waals surface area contributed by atoms with Crippen molar-refractivity contribution in [3.05, 3.63) is 51.0 Å².